The Morgan fingerprint density at radius 2 is 2.41 bits per heavy atom. The summed E-state index contributed by atoms with van der Waals surface area (Å²) in [7, 11) is 1.88. The third-order valence-electron chi connectivity index (χ3n) is 2.36. The highest BCUT2D eigenvalue weighted by Crippen LogP contribution is 2.13. The van der Waals surface area contributed by atoms with Gasteiger partial charge in [0.25, 0.3) is 5.56 Å². The zero-order chi connectivity index (χ0) is 12.4. The van der Waals surface area contributed by atoms with E-state index in [2.05, 4.69) is 9.97 Å². The largest absolute Gasteiger partial charge is 0.392 e. The second-order valence-corrected chi connectivity index (χ2v) is 5.11. The van der Waals surface area contributed by atoms with E-state index in [1.165, 1.54) is 11.3 Å². The third kappa shape index (κ3) is 2.91. The van der Waals surface area contributed by atoms with Crippen LogP contribution in [-0.4, -0.2) is 39.7 Å². The molecule has 2 N–H and O–H groups in total. The first-order valence-electron chi connectivity index (χ1n) is 5.39. The van der Waals surface area contributed by atoms with Gasteiger partial charge in [-0.1, -0.05) is 0 Å². The Hall–Kier alpha value is -1.24. The Kier molecular flexibility index (Phi) is 3.56. The number of fused-ring (bicyclic) bond motifs is 1. The average Bonchev–Trinajstić information content (AvgIpc) is 2.64. The van der Waals surface area contributed by atoms with Gasteiger partial charge in [0.1, 0.15) is 10.5 Å². The first-order valence-corrected chi connectivity index (χ1v) is 6.27. The van der Waals surface area contributed by atoms with Gasteiger partial charge in [0.15, 0.2) is 0 Å². The number of hydrogen-bond donors (Lipinski definition) is 2. The number of rotatable bonds is 4. The van der Waals surface area contributed by atoms with E-state index in [-0.39, 0.29) is 5.56 Å². The monoisotopic (exact) mass is 253 g/mol. The molecular weight excluding hydrogens is 238 g/mol. The molecule has 5 nitrogen and oxygen atoms in total. The van der Waals surface area contributed by atoms with E-state index < -0.39 is 6.10 Å². The van der Waals surface area contributed by atoms with Gasteiger partial charge < -0.3 is 10.1 Å². The Balaban J connectivity index is 2.21. The van der Waals surface area contributed by atoms with Gasteiger partial charge in [0, 0.05) is 6.54 Å². The second kappa shape index (κ2) is 4.95. The second-order valence-electron chi connectivity index (χ2n) is 4.19. The van der Waals surface area contributed by atoms with Crippen molar-refractivity contribution in [2.45, 2.75) is 19.6 Å². The summed E-state index contributed by atoms with van der Waals surface area (Å²) >= 11 is 1.39. The zero-order valence-corrected chi connectivity index (χ0v) is 10.6. The summed E-state index contributed by atoms with van der Waals surface area (Å²) in [5, 5.41) is 11.1. The van der Waals surface area contributed by atoms with Gasteiger partial charge >= 0.3 is 0 Å². The molecule has 0 fully saturated rings. The van der Waals surface area contributed by atoms with Crippen LogP contribution in [0.4, 0.5) is 0 Å². The number of thiophene rings is 1. The SMILES string of the molecule is CC(O)CN(C)Cc1nc2ccsc2c(=O)[nH]1. The van der Waals surface area contributed by atoms with E-state index in [0.29, 0.717) is 23.6 Å². The number of aliphatic hydroxyl groups excluding tert-OH is 1. The van der Waals surface area contributed by atoms with Gasteiger partial charge in [-0.2, -0.15) is 0 Å². The van der Waals surface area contributed by atoms with E-state index in [0.717, 1.165) is 5.52 Å². The van der Waals surface area contributed by atoms with Crippen LogP contribution in [0.5, 0.6) is 0 Å². The number of likely N-dealkylation sites (N-methyl/N-ethyl adjacent to an activating group) is 1. The predicted octanol–water partition coefficient (Wildman–Crippen LogP) is 0.797. The van der Waals surface area contributed by atoms with Crippen LogP contribution >= 0.6 is 11.3 Å². The Bertz CT molecular complexity index is 561. The summed E-state index contributed by atoms with van der Waals surface area (Å²) in [6.45, 7) is 2.80. The molecule has 1 atom stereocenters. The quantitative estimate of drug-likeness (QED) is 0.845. The summed E-state index contributed by atoms with van der Waals surface area (Å²) in [5.41, 5.74) is 0.643. The van der Waals surface area contributed by atoms with Crippen molar-refractivity contribution in [2.75, 3.05) is 13.6 Å². The summed E-state index contributed by atoms with van der Waals surface area (Å²) in [5.74, 6) is 0.629. The molecule has 0 saturated heterocycles. The molecule has 0 amide bonds. The fourth-order valence-electron chi connectivity index (χ4n) is 1.77. The fourth-order valence-corrected chi connectivity index (χ4v) is 2.49. The maximum atomic E-state index is 11.7. The van der Waals surface area contributed by atoms with Crippen molar-refractivity contribution in [2.24, 2.45) is 0 Å². The molecule has 6 heteroatoms. The van der Waals surface area contributed by atoms with Crippen LogP contribution in [0.3, 0.4) is 0 Å². The Morgan fingerprint density at radius 3 is 3.12 bits per heavy atom. The van der Waals surface area contributed by atoms with Crippen molar-refractivity contribution in [1.29, 1.82) is 0 Å². The lowest BCUT2D eigenvalue weighted by atomic mass is 10.3. The van der Waals surface area contributed by atoms with Gasteiger partial charge in [-0.25, -0.2) is 4.98 Å². The molecule has 17 heavy (non-hydrogen) atoms. The van der Waals surface area contributed by atoms with Crippen LogP contribution in [0.25, 0.3) is 10.2 Å². The van der Waals surface area contributed by atoms with Gasteiger partial charge in [-0.15, -0.1) is 11.3 Å². The summed E-state index contributed by atoms with van der Waals surface area (Å²) < 4.78 is 0.659. The molecule has 0 aliphatic carbocycles. The van der Waals surface area contributed by atoms with Crippen molar-refractivity contribution in [1.82, 2.24) is 14.9 Å². The highest BCUT2D eigenvalue weighted by atomic mass is 32.1. The minimum Gasteiger partial charge on any atom is -0.392 e. The average molecular weight is 253 g/mol. The number of nitrogens with zero attached hydrogens (tertiary/aromatic N) is 2. The molecule has 0 saturated carbocycles. The summed E-state index contributed by atoms with van der Waals surface area (Å²) in [4.78, 5) is 20.8. The van der Waals surface area contributed by atoms with Crippen molar-refractivity contribution >= 4 is 21.6 Å². The van der Waals surface area contributed by atoms with Crippen LogP contribution < -0.4 is 5.56 Å². The molecular formula is C11H15N3O2S. The van der Waals surface area contributed by atoms with Crippen molar-refractivity contribution in [3.63, 3.8) is 0 Å². The minimum atomic E-state index is -0.392. The van der Waals surface area contributed by atoms with E-state index in [4.69, 9.17) is 0 Å². The number of aliphatic hydroxyl groups is 1. The maximum absolute atomic E-state index is 11.7. The van der Waals surface area contributed by atoms with E-state index in [1.807, 2.05) is 23.4 Å². The standard InChI is InChI=1S/C11H15N3O2S/c1-7(15)5-14(2)6-9-12-8-3-4-17-10(8)11(16)13-9/h3-4,7,15H,5-6H2,1-2H3,(H,12,13,16). The van der Waals surface area contributed by atoms with Crippen molar-refractivity contribution in [3.8, 4) is 0 Å². The number of nitrogens with one attached hydrogen (secondary N) is 1. The molecule has 2 aromatic rings. The lowest BCUT2D eigenvalue weighted by Crippen LogP contribution is -2.28. The molecule has 0 aliphatic rings. The van der Waals surface area contributed by atoms with E-state index in [1.54, 1.807) is 6.92 Å². The van der Waals surface area contributed by atoms with Crippen LogP contribution in [0, 0.1) is 0 Å². The molecule has 2 aromatic heterocycles. The first-order chi connectivity index (χ1) is 8.06. The van der Waals surface area contributed by atoms with Crippen molar-refractivity contribution in [3.05, 3.63) is 27.6 Å². The van der Waals surface area contributed by atoms with Crippen LogP contribution in [0.1, 0.15) is 12.7 Å². The topological polar surface area (TPSA) is 69.2 Å². The highest BCUT2D eigenvalue weighted by molar-refractivity contribution is 7.17. The number of hydrogen-bond acceptors (Lipinski definition) is 5. The number of H-pyrrole nitrogens is 1. The molecule has 0 aromatic carbocycles. The van der Waals surface area contributed by atoms with Crippen molar-refractivity contribution < 1.29 is 5.11 Å². The number of aromatic amines is 1. The zero-order valence-electron chi connectivity index (χ0n) is 9.80. The molecule has 92 valence electrons. The van der Waals surface area contributed by atoms with Crippen LogP contribution in [0.2, 0.25) is 0 Å². The predicted molar refractivity (Wildman–Crippen MR) is 68.3 cm³/mol. The highest BCUT2D eigenvalue weighted by Gasteiger charge is 2.08. The molecule has 1 unspecified atom stereocenters. The van der Waals surface area contributed by atoms with Crippen LogP contribution in [0.15, 0.2) is 16.2 Å². The number of aromatic nitrogens is 2. The lowest BCUT2D eigenvalue weighted by Gasteiger charge is -2.17. The van der Waals surface area contributed by atoms with E-state index >= 15 is 0 Å². The van der Waals surface area contributed by atoms with Crippen LogP contribution in [-0.2, 0) is 6.54 Å². The molecule has 2 rings (SSSR count). The van der Waals surface area contributed by atoms with Gasteiger partial charge in [-0.3, -0.25) is 9.69 Å². The Morgan fingerprint density at radius 1 is 1.65 bits per heavy atom. The minimum absolute atomic E-state index is 0.0922. The summed E-state index contributed by atoms with van der Waals surface area (Å²) in [6, 6.07) is 1.84. The Labute approximate surface area is 103 Å². The molecule has 2 heterocycles. The van der Waals surface area contributed by atoms with Gasteiger partial charge in [0.05, 0.1) is 18.2 Å². The lowest BCUT2D eigenvalue weighted by molar-refractivity contribution is 0.137. The van der Waals surface area contributed by atoms with E-state index in [9.17, 15) is 9.90 Å². The molecule has 0 spiro atoms. The third-order valence-corrected chi connectivity index (χ3v) is 3.26. The van der Waals surface area contributed by atoms with Gasteiger partial charge in [-0.05, 0) is 25.4 Å². The maximum Gasteiger partial charge on any atom is 0.268 e. The fraction of sp³-hybridized carbons (Fsp3) is 0.455. The first kappa shape index (κ1) is 12.2. The summed E-state index contributed by atoms with van der Waals surface area (Å²) in [6.07, 6.45) is -0.392. The van der Waals surface area contributed by atoms with Gasteiger partial charge in [0.2, 0.25) is 0 Å². The molecule has 0 aliphatic heterocycles. The molecule has 0 radical (unpaired) electrons. The smallest absolute Gasteiger partial charge is 0.268 e. The normalized spacial score (nSPS) is 13.4. The molecule has 0 bridgehead atoms.